The summed E-state index contributed by atoms with van der Waals surface area (Å²) in [7, 11) is 1.55. The number of fused-ring (bicyclic) bond motifs is 1. The first-order valence-electron chi connectivity index (χ1n) is 11.8. The van der Waals surface area contributed by atoms with Gasteiger partial charge in [-0.3, -0.25) is 0 Å². The average molecular weight is 494 g/mol. The summed E-state index contributed by atoms with van der Waals surface area (Å²) in [6.45, 7) is 4.44. The Morgan fingerprint density at radius 3 is 2.81 bits per heavy atom. The number of oxime groups is 1. The van der Waals surface area contributed by atoms with Gasteiger partial charge in [-0.2, -0.15) is 0 Å². The third-order valence-corrected chi connectivity index (χ3v) is 6.35. The van der Waals surface area contributed by atoms with Crippen molar-refractivity contribution in [3.05, 3.63) is 64.7 Å². The third kappa shape index (κ3) is 5.00. The molecule has 1 aromatic carbocycles. The number of aryl methyl sites for hydroxylation is 1. The van der Waals surface area contributed by atoms with Crippen LogP contribution in [0.15, 0.2) is 41.6 Å². The number of nitrogen functional groups attached to an aromatic ring is 1. The largest absolute Gasteiger partial charge is 0.481 e. The topological polar surface area (TPSA) is 114 Å². The quantitative estimate of drug-likeness (QED) is 0.516. The number of anilines is 1. The molecule has 3 heterocycles. The van der Waals surface area contributed by atoms with Gasteiger partial charge >= 0.3 is 0 Å². The van der Waals surface area contributed by atoms with Gasteiger partial charge in [-0.15, -0.1) is 0 Å². The van der Waals surface area contributed by atoms with E-state index >= 15 is 0 Å². The zero-order valence-corrected chi connectivity index (χ0v) is 20.4. The molecule has 5 rings (SSSR count). The van der Waals surface area contributed by atoms with Crippen LogP contribution in [0.25, 0.3) is 11.3 Å². The Morgan fingerprint density at radius 1 is 1.17 bits per heavy atom. The molecule has 1 unspecified atom stereocenters. The number of hydrogen-bond acceptors (Lipinski definition) is 9. The third-order valence-electron chi connectivity index (χ3n) is 6.35. The van der Waals surface area contributed by atoms with Gasteiger partial charge in [0.25, 0.3) is 0 Å². The van der Waals surface area contributed by atoms with Crippen LogP contribution < -0.4 is 10.5 Å². The Kier molecular flexibility index (Phi) is 6.80. The molecule has 0 bridgehead atoms. The number of halogens is 1. The minimum atomic E-state index is -0.345. The summed E-state index contributed by atoms with van der Waals surface area (Å²) in [4.78, 5) is 19.1. The molecule has 2 aliphatic rings. The maximum absolute atomic E-state index is 14.4. The SMILES string of the molecule is COc1cccc(-c2cc(F)ccc2[C@H]2C/C(=N\OC[C@H]3COC(C)O3)c3c(C)nc(N)nc3C2)n1. The Labute approximate surface area is 208 Å². The van der Waals surface area contributed by atoms with E-state index in [0.29, 0.717) is 42.3 Å². The van der Waals surface area contributed by atoms with Crippen LogP contribution in [0.2, 0.25) is 0 Å². The molecule has 0 spiro atoms. The molecule has 188 valence electrons. The van der Waals surface area contributed by atoms with E-state index in [2.05, 4.69) is 20.1 Å². The fourth-order valence-electron chi connectivity index (χ4n) is 4.79. The second-order valence-electron chi connectivity index (χ2n) is 8.88. The number of nitrogens with two attached hydrogens (primary N) is 1. The van der Waals surface area contributed by atoms with E-state index in [9.17, 15) is 4.39 Å². The van der Waals surface area contributed by atoms with E-state index in [1.807, 2.05) is 26.0 Å². The maximum atomic E-state index is 14.4. The van der Waals surface area contributed by atoms with Gasteiger partial charge in [-0.05, 0) is 49.9 Å². The number of benzene rings is 1. The summed E-state index contributed by atoms with van der Waals surface area (Å²) in [6, 6.07) is 10.2. The predicted octanol–water partition coefficient (Wildman–Crippen LogP) is 3.79. The van der Waals surface area contributed by atoms with E-state index in [0.717, 1.165) is 22.5 Å². The van der Waals surface area contributed by atoms with E-state index in [4.69, 9.17) is 24.8 Å². The molecule has 0 radical (unpaired) electrons. The molecule has 1 saturated heterocycles. The van der Waals surface area contributed by atoms with Gasteiger partial charge in [0.05, 0.1) is 36.5 Å². The highest BCUT2D eigenvalue weighted by atomic mass is 19.1. The van der Waals surface area contributed by atoms with E-state index in [-0.39, 0.29) is 36.7 Å². The van der Waals surface area contributed by atoms with Crippen LogP contribution in [0.5, 0.6) is 5.88 Å². The zero-order valence-electron chi connectivity index (χ0n) is 20.4. The van der Waals surface area contributed by atoms with Gasteiger partial charge in [-0.25, -0.2) is 19.3 Å². The first kappa shape index (κ1) is 24.1. The van der Waals surface area contributed by atoms with Gasteiger partial charge in [0.1, 0.15) is 18.5 Å². The van der Waals surface area contributed by atoms with Gasteiger partial charge in [0.15, 0.2) is 6.29 Å². The summed E-state index contributed by atoms with van der Waals surface area (Å²) in [5.41, 5.74) is 11.3. The molecule has 10 heteroatoms. The fourth-order valence-corrected chi connectivity index (χ4v) is 4.79. The van der Waals surface area contributed by atoms with Crippen LogP contribution in [0.4, 0.5) is 10.3 Å². The molecule has 2 N–H and O–H groups in total. The summed E-state index contributed by atoms with van der Waals surface area (Å²) in [5.74, 6) is 0.243. The monoisotopic (exact) mass is 493 g/mol. The smallest absolute Gasteiger partial charge is 0.220 e. The lowest BCUT2D eigenvalue weighted by Crippen LogP contribution is -2.25. The highest BCUT2D eigenvalue weighted by Gasteiger charge is 2.31. The second kappa shape index (κ2) is 10.2. The first-order valence-corrected chi connectivity index (χ1v) is 11.8. The number of hydrogen-bond donors (Lipinski definition) is 1. The van der Waals surface area contributed by atoms with Crippen molar-refractivity contribution < 1.29 is 23.4 Å². The molecule has 1 aliphatic heterocycles. The second-order valence-corrected chi connectivity index (χ2v) is 8.88. The Morgan fingerprint density at radius 2 is 2.03 bits per heavy atom. The number of nitrogens with zero attached hydrogens (tertiary/aromatic N) is 4. The molecule has 9 nitrogen and oxygen atoms in total. The van der Waals surface area contributed by atoms with Crippen LogP contribution in [0.3, 0.4) is 0 Å². The van der Waals surface area contributed by atoms with Crippen molar-refractivity contribution in [2.75, 3.05) is 26.1 Å². The van der Waals surface area contributed by atoms with Crippen molar-refractivity contribution in [2.45, 2.75) is 45.0 Å². The van der Waals surface area contributed by atoms with Crippen molar-refractivity contribution in [1.29, 1.82) is 0 Å². The minimum Gasteiger partial charge on any atom is -0.481 e. The van der Waals surface area contributed by atoms with Crippen LogP contribution in [-0.2, 0) is 20.7 Å². The normalized spacial score (nSPS) is 22.4. The van der Waals surface area contributed by atoms with Crippen molar-refractivity contribution in [3.63, 3.8) is 0 Å². The molecule has 3 aromatic rings. The first-order chi connectivity index (χ1) is 17.4. The molecule has 0 amide bonds. The van der Waals surface area contributed by atoms with Gasteiger partial charge in [-0.1, -0.05) is 17.3 Å². The predicted molar refractivity (Wildman–Crippen MR) is 131 cm³/mol. The van der Waals surface area contributed by atoms with Crippen LogP contribution >= 0.6 is 0 Å². The summed E-state index contributed by atoms with van der Waals surface area (Å²) in [6.07, 6.45) is 0.686. The van der Waals surface area contributed by atoms with E-state index < -0.39 is 0 Å². The summed E-state index contributed by atoms with van der Waals surface area (Å²) in [5, 5.41) is 4.48. The highest BCUT2D eigenvalue weighted by Crippen LogP contribution is 2.38. The van der Waals surface area contributed by atoms with Gasteiger partial charge < -0.3 is 24.8 Å². The summed E-state index contributed by atoms with van der Waals surface area (Å²) >= 11 is 0. The highest BCUT2D eigenvalue weighted by molar-refractivity contribution is 6.03. The van der Waals surface area contributed by atoms with Crippen molar-refractivity contribution in [3.8, 4) is 17.1 Å². The average Bonchev–Trinajstić information content (AvgIpc) is 3.28. The standard InChI is InChI=1S/C26H28FN5O4/c1-14-25-22(31-26(28)29-14)9-16(10-23(25)32-35-13-18-12-34-15(2)36-18)19-8-7-17(27)11-20(19)21-5-4-6-24(30-21)33-3/h4-8,11,15-16,18H,9-10,12-13H2,1-3H3,(H2,28,29,31)/b32-23+/t15?,16-,18-/m1/s1. The lowest BCUT2D eigenvalue weighted by molar-refractivity contribution is -0.0578. The molecule has 36 heavy (non-hydrogen) atoms. The van der Waals surface area contributed by atoms with Crippen molar-refractivity contribution in [2.24, 2.45) is 5.16 Å². The van der Waals surface area contributed by atoms with E-state index in [1.54, 1.807) is 19.2 Å². The number of methoxy groups -OCH3 is 1. The van der Waals surface area contributed by atoms with Crippen LogP contribution in [0.1, 0.15) is 41.8 Å². The lowest BCUT2D eigenvalue weighted by atomic mass is 9.79. The molecule has 1 fully saturated rings. The van der Waals surface area contributed by atoms with Gasteiger partial charge in [0, 0.05) is 23.6 Å². The fraction of sp³-hybridized carbons (Fsp3) is 0.385. The van der Waals surface area contributed by atoms with Crippen molar-refractivity contribution in [1.82, 2.24) is 15.0 Å². The molecule has 0 saturated carbocycles. The number of aromatic nitrogens is 3. The Balaban J connectivity index is 1.51. The van der Waals surface area contributed by atoms with Crippen LogP contribution in [-0.4, -0.2) is 53.4 Å². The minimum absolute atomic E-state index is 0.0664. The van der Waals surface area contributed by atoms with Crippen molar-refractivity contribution >= 4 is 11.7 Å². The number of ether oxygens (including phenoxy) is 3. The Hall–Kier alpha value is -3.63. The van der Waals surface area contributed by atoms with Crippen LogP contribution in [0, 0.1) is 12.7 Å². The number of rotatable bonds is 6. The van der Waals surface area contributed by atoms with Gasteiger partial charge in [0.2, 0.25) is 11.8 Å². The van der Waals surface area contributed by atoms with E-state index in [1.165, 1.54) is 12.1 Å². The lowest BCUT2D eigenvalue weighted by Gasteiger charge is -2.28. The Bertz CT molecular complexity index is 1300. The summed E-state index contributed by atoms with van der Waals surface area (Å²) < 4.78 is 30.7. The molecule has 1 aliphatic carbocycles. The maximum Gasteiger partial charge on any atom is 0.220 e. The molecule has 3 atom stereocenters. The number of pyridine rings is 1. The molecular formula is C26H28FN5O4. The molecular weight excluding hydrogens is 465 g/mol. The zero-order chi connectivity index (χ0) is 25.2. The molecule has 2 aromatic heterocycles.